The molecule has 1 aromatic rings. The van der Waals surface area contributed by atoms with Crippen molar-refractivity contribution in [1.29, 1.82) is 0 Å². The fourth-order valence-electron chi connectivity index (χ4n) is 8.04. The van der Waals surface area contributed by atoms with E-state index >= 15 is 0 Å². The summed E-state index contributed by atoms with van der Waals surface area (Å²) in [6.45, 7) is 5.82. The van der Waals surface area contributed by atoms with Crippen LogP contribution in [0.25, 0.3) is 5.57 Å². The average Bonchev–Trinajstić information content (AvgIpc) is 3.58. The number of aliphatic hydroxyl groups is 1. The summed E-state index contributed by atoms with van der Waals surface area (Å²) in [5.74, 6) is 0.657. The Hall–Kier alpha value is -2.61. The van der Waals surface area contributed by atoms with Gasteiger partial charge >= 0.3 is 5.97 Å². The van der Waals surface area contributed by atoms with Crippen LogP contribution in [0.15, 0.2) is 53.5 Å². The van der Waals surface area contributed by atoms with Gasteiger partial charge in [0, 0.05) is 16.9 Å². The zero-order chi connectivity index (χ0) is 31.5. The Morgan fingerprint density at radius 3 is 2.45 bits per heavy atom. The number of halogens is 1. The minimum atomic E-state index is -1.25. The first-order valence-electron chi connectivity index (χ1n) is 16.2. The second kappa shape index (κ2) is 14.2. The highest BCUT2D eigenvalue weighted by Crippen LogP contribution is 2.58. The highest BCUT2D eigenvalue weighted by atomic mass is 35.5. The molecule has 5 rings (SSSR count). The molecule has 44 heavy (non-hydrogen) atoms. The van der Waals surface area contributed by atoms with Crippen molar-refractivity contribution in [2.75, 3.05) is 14.2 Å². The van der Waals surface area contributed by atoms with Gasteiger partial charge in [0.1, 0.15) is 11.9 Å². The van der Waals surface area contributed by atoms with Crippen LogP contribution in [0.5, 0.6) is 0 Å². The quantitative estimate of drug-likeness (QED) is 0.193. The van der Waals surface area contributed by atoms with Crippen LogP contribution >= 0.6 is 11.6 Å². The van der Waals surface area contributed by atoms with Crippen LogP contribution in [0.2, 0.25) is 5.02 Å². The molecule has 1 heterocycles. The molecule has 0 amide bonds. The number of hydrogen-bond acceptors (Lipinski definition) is 7. The van der Waals surface area contributed by atoms with Crippen molar-refractivity contribution in [2.24, 2.45) is 35.5 Å². The minimum absolute atomic E-state index is 0.0482. The second-order valence-electron chi connectivity index (χ2n) is 13.0. The largest absolute Gasteiger partial charge is 0.498 e. The average molecular weight is 627 g/mol. The summed E-state index contributed by atoms with van der Waals surface area (Å²) in [5, 5.41) is 11.5. The molecule has 1 aliphatic heterocycles. The molecule has 3 aliphatic carbocycles. The monoisotopic (exact) mass is 626 g/mol. The lowest BCUT2D eigenvalue weighted by Gasteiger charge is -2.39. The molecule has 7 nitrogen and oxygen atoms in total. The van der Waals surface area contributed by atoms with Crippen molar-refractivity contribution < 1.29 is 33.6 Å². The third-order valence-corrected chi connectivity index (χ3v) is 10.6. The Kier molecular flexibility index (Phi) is 10.6. The Morgan fingerprint density at radius 1 is 1.05 bits per heavy atom. The molecule has 0 aromatic heterocycles. The number of esters is 1. The van der Waals surface area contributed by atoms with Gasteiger partial charge in [0.05, 0.1) is 26.7 Å². The maximum Gasteiger partial charge on any atom is 0.306 e. The van der Waals surface area contributed by atoms with Crippen LogP contribution in [-0.2, 0) is 28.5 Å². The van der Waals surface area contributed by atoms with Gasteiger partial charge in [0.25, 0.3) is 0 Å². The molecule has 2 unspecified atom stereocenters. The number of hydrogen-bond donors (Lipinski definition) is 1. The first kappa shape index (κ1) is 32.8. The number of Topliss-reactive ketones (excluding diaryl/α,β-unsaturated/α-hetero) is 1. The van der Waals surface area contributed by atoms with Gasteiger partial charge in [-0.3, -0.25) is 9.59 Å². The number of allylic oxidation sites excluding steroid dienone is 5. The van der Waals surface area contributed by atoms with Crippen molar-refractivity contribution in [1.82, 2.24) is 0 Å². The normalized spacial score (nSPS) is 33.7. The number of fused-ring (bicyclic) bond motifs is 5. The molecule has 1 N–H and O–H groups in total. The predicted octanol–water partition coefficient (Wildman–Crippen LogP) is 7.27. The molecule has 1 saturated heterocycles. The van der Waals surface area contributed by atoms with E-state index in [0.717, 1.165) is 61.7 Å². The number of benzene rings is 1. The van der Waals surface area contributed by atoms with E-state index < -0.39 is 6.29 Å². The summed E-state index contributed by atoms with van der Waals surface area (Å²) in [4.78, 5) is 27.5. The van der Waals surface area contributed by atoms with E-state index in [1.807, 2.05) is 31.2 Å². The lowest BCUT2D eigenvalue weighted by atomic mass is 9.65. The summed E-state index contributed by atoms with van der Waals surface area (Å²) in [6.07, 6.45) is 8.94. The molecule has 8 heteroatoms. The lowest BCUT2D eigenvalue weighted by molar-refractivity contribution is -0.151. The number of aliphatic hydroxyl groups excluding tert-OH is 1. The van der Waals surface area contributed by atoms with Crippen molar-refractivity contribution in [3.63, 3.8) is 0 Å². The van der Waals surface area contributed by atoms with E-state index in [2.05, 4.69) is 19.1 Å². The van der Waals surface area contributed by atoms with Crippen molar-refractivity contribution in [3.8, 4) is 0 Å². The van der Waals surface area contributed by atoms with Crippen molar-refractivity contribution >= 4 is 28.9 Å². The van der Waals surface area contributed by atoms with Crippen LogP contribution in [0, 0.1) is 35.5 Å². The Morgan fingerprint density at radius 2 is 1.77 bits per heavy atom. The van der Waals surface area contributed by atoms with Gasteiger partial charge in [-0.2, -0.15) is 0 Å². The van der Waals surface area contributed by atoms with Gasteiger partial charge in [-0.05, 0) is 98.0 Å². The van der Waals surface area contributed by atoms with E-state index in [9.17, 15) is 14.7 Å². The molecule has 9 atom stereocenters. The number of carbonyl (C=O) groups is 2. The lowest BCUT2D eigenvalue weighted by Crippen LogP contribution is -2.33. The maximum absolute atomic E-state index is 14.1. The van der Waals surface area contributed by atoms with Crippen molar-refractivity contribution in [3.05, 3.63) is 64.1 Å². The number of ether oxygens (including phenoxy) is 4. The first-order chi connectivity index (χ1) is 21.1. The third-order valence-electron chi connectivity index (χ3n) is 10.4. The highest BCUT2D eigenvalue weighted by Gasteiger charge is 2.53. The number of cyclic esters (lactones) is 1. The highest BCUT2D eigenvalue weighted by molar-refractivity contribution is 6.30. The predicted molar refractivity (Wildman–Crippen MR) is 169 cm³/mol. The SMILES string of the molecule is CC[C@H]1CCCC[C@@H](C)C(=O)C2=C[C@@H]3C(C(c4ccc(Cl)cc4)=CC4C[C@@H](O[C@H](O)/C(OC)=C(/C)OC)C[C@H]43)[C@@H]2CC(=O)O1. The number of methoxy groups -OCH3 is 2. The van der Waals surface area contributed by atoms with E-state index in [1.165, 1.54) is 14.2 Å². The van der Waals surface area contributed by atoms with Gasteiger partial charge in [0.2, 0.25) is 6.29 Å². The van der Waals surface area contributed by atoms with Crippen LogP contribution in [0.3, 0.4) is 0 Å². The van der Waals surface area contributed by atoms with Crippen LogP contribution in [0.1, 0.15) is 77.7 Å². The zero-order valence-electron chi connectivity index (χ0n) is 26.6. The van der Waals surface area contributed by atoms with Crippen LogP contribution < -0.4 is 0 Å². The second-order valence-corrected chi connectivity index (χ2v) is 13.4. The smallest absolute Gasteiger partial charge is 0.306 e. The van der Waals surface area contributed by atoms with E-state index in [-0.39, 0.29) is 71.6 Å². The van der Waals surface area contributed by atoms with Gasteiger partial charge in [-0.25, -0.2) is 0 Å². The fourth-order valence-corrected chi connectivity index (χ4v) is 8.17. The summed E-state index contributed by atoms with van der Waals surface area (Å²) in [7, 11) is 3.02. The first-order valence-corrected chi connectivity index (χ1v) is 16.6. The summed E-state index contributed by atoms with van der Waals surface area (Å²) < 4.78 is 22.8. The molecule has 0 bridgehead atoms. The Labute approximate surface area is 266 Å². The van der Waals surface area contributed by atoms with Gasteiger partial charge < -0.3 is 24.1 Å². The van der Waals surface area contributed by atoms with Gasteiger partial charge in [0.15, 0.2) is 11.5 Å². The van der Waals surface area contributed by atoms with E-state index in [0.29, 0.717) is 10.8 Å². The van der Waals surface area contributed by atoms with E-state index in [1.54, 1.807) is 6.92 Å². The van der Waals surface area contributed by atoms with Gasteiger partial charge in [-0.1, -0.05) is 56.2 Å². The van der Waals surface area contributed by atoms with Crippen molar-refractivity contribution in [2.45, 2.75) is 90.6 Å². The molecule has 1 saturated carbocycles. The standard InChI is InChI=1S/C36H47ClO7/c1-6-25-10-8-7-9-20(2)34(39)31-18-29-27-17-26(44-36(40)35(42-5)21(3)41-4)15-23(27)16-28(22-11-13-24(37)14-12-22)33(29)30(31)19-32(38)43-25/h11-14,16,18,20,23,25-27,29-30,33,36,40H,6-10,15,17,19H2,1-5H3/b35-21+/t20-,23?,25+,26-,27-,29+,30-,33?,36+/m1/s1. The van der Waals surface area contributed by atoms with Crippen LogP contribution in [-0.4, -0.2) is 49.6 Å². The fraction of sp³-hybridized carbons (Fsp3) is 0.611. The molecule has 4 aliphatic rings. The zero-order valence-corrected chi connectivity index (χ0v) is 27.3. The summed E-state index contributed by atoms with van der Waals surface area (Å²) in [5.41, 5.74) is 2.97. The summed E-state index contributed by atoms with van der Waals surface area (Å²) in [6, 6.07) is 7.85. The summed E-state index contributed by atoms with van der Waals surface area (Å²) >= 11 is 6.28. The molecule has 2 fully saturated rings. The minimum Gasteiger partial charge on any atom is -0.498 e. The topological polar surface area (TPSA) is 91.3 Å². The Balaban J connectivity index is 1.52. The number of carbonyl (C=O) groups excluding carboxylic acids is 2. The molecular formula is C36H47ClO7. The molecule has 1 aromatic carbocycles. The molecular weight excluding hydrogens is 580 g/mol. The third kappa shape index (κ3) is 6.80. The van der Waals surface area contributed by atoms with Crippen LogP contribution in [0.4, 0.5) is 0 Å². The number of rotatable bonds is 7. The molecule has 0 spiro atoms. The molecule has 240 valence electrons. The molecule has 0 radical (unpaired) electrons. The maximum atomic E-state index is 14.1. The van der Waals surface area contributed by atoms with Gasteiger partial charge in [-0.15, -0.1) is 0 Å². The van der Waals surface area contributed by atoms with E-state index in [4.69, 9.17) is 30.5 Å². The Bertz CT molecular complexity index is 1300. The number of ketones is 1.